The van der Waals surface area contributed by atoms with Crippen molar-refractivity contribution in [1.82, 2.24) is 0 Å². The molecule has 0 saturated heterocycles. The summed E-state index contributed by atoms with van der Waals surface area (Å²) in [5.41, 5.74) is 7.29. The Balaban J connectivity index is 2.08. The van der Waals surface area contributed by atoms with Crippen LogP contribution in [0.15, 0.2) is 53.4 Å². The summed E-state index contributed by atoms with van der Waals surface area (Å²) in [5.74, 6) is -0.344. The number of thiocarbonyl (C=S) groups is 1. The largest absolute Gasteiger partial charge is 0.393 e. The molecule has 4 nitrogen and oxygen atoms in total. The Morgan fingerprint density at radius 3 is 2.25 bits per heavy atom. The number of rotatable bonds is 8. The summed E-state index contributed by atoms with van der Waals surface area (Å²) in [4.78, 5) is 0.389. The van der Waals surface area contributed by atoms with Crippen molar-refractivity contribution < 1.29 is 13.2 Å². The molecule has 150 valence electrons. The fourth-order valence-corrected chi connectivity index (χ4v) is 6.77. The third-order valence-electron chi connectivity index (χ3n) is 5.48. The Labute approximate surface area is 177 Å². The molecule has 0 amide bonds. The van der Waals surface area contributed by atoms with Gasteiger partial charge in [-0.3, -0.25) is 0 Å². The van der Waals surface area contributed by atoms with Crippen LogP contribution in [0, 0.1) is 5.41 Å². The second kappa shape index (κ2) is 8.11. The van der Waals surface area contributed by atoms with Crippen LogP contribution in [0.25, 0.3) is 0 Å². The van der Waals surface area contributed by atoms with Gasteiger partial charge in [-0.15, -0.1) is 0 Å². The average Bonchev–Trinajstić information content (AvgIpc) is 3.38. The van der Waals surface area contributed by atoms with Gasteiger partial charge in [-0.05, 0) is 48.7 Å². The van der Waals surface area contributed by atoms with Crippen molar-refractivity contribution in [3.8, 4) is 0 Å². The smallest absolute Gasteiger partial charge is 0.182 e. The van der Waals surface area contributed by atoms with E-state index in [0.29, 0.717) is 11.6 Å². The van der Waals surface area contributed by atoms with Crippen LogP contribution in [0.2, 0.25) is 5.02 Å². The lowest BCUT2D eigenvalue weighted by molar-refractivity contribution is 0.121. The van der Waals surface area contributed by atoms with Crippen molar-refractivity contribution in [2.45, 2.75) is 36.3 Å². The fraction of sp³-hybridized carbons (Fsp3) is 0.381. The van der Waals surface area contributed by atoms with Crippen LogP contribution >= 0.6 is 23.8 Å². The van der Waals surface area contributed by atoms with Gasteiger partial charge in [0.25, 0.3) is 0 Å². The summed E-state index contributed by atoms with van der Waals surface area (Å²) in [6.07, 6.45) is 0.914. The maximum Gasteiger partial charge on any atom is 0.182 e. The van der Waals surface area contributed by atoms with Crippen LogP contribution < -0.4 is 5.73 Å². The summed E-state index contributed by atoms with van der Waals surface area (Å²) in [6, 6.07) is 14.2. The Morgan fingerprint density at radius 1 is 1.14 bits per heavy atom. The van der Waals surface area contributed by atoms with Gasteiger partial charge in [-0.2, -0.15) is 0 Å². The molecule has 0 spiro atoms. The maximum atomic E-state index is 13.5. The maximum absolute atomic E-state index is 13.5. The first-order chi connectivity index (χ1) is 13.3. The molecule has 1 saturated carbocycles. The number of aryl methyl sites for hydroxylation is 1. The SMILES string of the molecule is CCOC[C@]1(C(N)=S)[C@@H](c2ccc(CC)cc2)[C@@H]1S(=O)(=O)c1ccc(Cl)cc1. The van der Waals surface area contributed by atoms with Gasteiger partial charge in [0.1, 0.15) is 0 Å². The Bertz CT molecular complexity index is 958. The highest BCUT2D eigenvalue weighted by atomic mass is 35.5. The summed E-state index contributed by atoms with van der Waals surface area (Å²) in [7, 11) is -3.68. The molecule has 2 aromatic rings. The second-order valence-corrected chi connectivity index (χ2v) is 9.98. The minimum absolute atomic E-state index is 0.174. The molecule has 0 radical (unpaired) electrons. The van der Waals surface area contributed by atoms with E-state index in [2.05, 4.69) is 6.92 Å². The fourth-order valence-electron chi connectivity index (χ4n) is 3.87. The van der Waals surface area contributed by atoms with Crippen molar-refractivity contribution in [1.29, 1.82) is 0 Å². The molecule has 1 fully saturated rings. The summed E-state index contributed by atoms with van der Waals surface area (Å²) < 4.78 is 32.6. The van der Waals surface area contributed by atoms with Crippen LogP contribution in [-0.4, -0.2) is 31.9 Å². The molecule has 0 aliphatic heterocycles. The molecule has 1 aliphatic carbocycles. The first kappa shape index (κ1) is 21.2. The standard InChI is InChI=1S/C21H24ClNO3S2/c1-3-14-5-7-15(8-6-14)18-19(21(18,20(23)27)13-26-4-2)28(24,25)17-11-9-16(22)10-12-17/h5-12,18-19H,3-4,13H2,1-2H3,(H2,23,27)/t18-,19-,21-/m0/s1. The second-order valence-electron chi connectivity index (χ2n) is 7.03. The molecule has 1 aliphatic rings. The Kier molecular flexibility index (Phi) is 6.15. The zero-order chi connectivity index (χ0) is 20.5. The van der Waals surface area contributed by atoms with Gasteiger partial charge in [0.15, 0.2) is 9.84 Å². The van der Waals surface area contributed by atoms with Gasteiger partial charge in [0, 0.05) is 17.5 Å². The molecule has 0 aromatic heterocycles. The third-order valence-corrected chi connectivity index (χ3v) is 8.41. The van der Waals surface area contributed by atoms with Gasteiger partial charge in [-0.1, -0.05) is 55.0 Å². The van der Waals surface area contributed by atoms with E-state index in [1.165, 1.54) is 17.7 Å². The van der Waals surface area contributed by atoms with Crippen molar-refractivity contribution in [3.05, 3.63) is 64.7 Å². The number of benzene rings is 2. The van der Waals surface area contributed by atoms with E-state index in [4.69, 9.17) is 34.3 Å². The molecule has 3 rings (SSSR count). The first-order valence-electron chi connectivity index (χ1n) is 9.25. The topological polar surface area (TPSA) is 69.4 Å². The van der Waals surface area contributed by atoms with Crippen LogP contribution in [-0.2, 0) is 21.0 Å². The number of hydrogen-bond donors (Lipinski definition) is 1. The average molecular weight is 438 g/mol. The highest BCUT2D eigenvalue weighted by molar-refractivity contribution is 7.92. The van der Waals surface area contributed by atoms with Crippen molar-refractivity contribution in [2.24, 2.45) is 11.1 Å². The molecule has 0 bridgehead atoms. The number of nitrogens with two attached hydrogens (primary N) is 1. The molecule has 28 heavy (non-hydrogen) atoms. The molecule has 2 aromatic carbocycles. The van der Waals surface area contributed by atoms with Gasteiger partial charge < -0.3 is 10.5 Å². The van der Waals surface area contributed by atoms with E-state index in [9.17, 15) is 8.42 Å². The highest BCUT2D eigenvalue weighted by Gasteiger charge is 2.73. The lowest BCUT2D eigenvalue weighted by Gasteiger charge is -2.17. The zero-order valence-corrected chi connectivity index (χ0v) is 18.3. The molecule has 2 N–H and O–H groups in total. The molecular formula is C21H24ClNO3S2. The van der Waals surface area contributed by atoms with E-state index < -0.39 is 20.5 Å². The zero-order valence-electron chi connectivity index (χ0n) is 15.9. The lowest BCUT2D eigenvalue weighted by Crippen LogP contribution is -2.33. The molecule has 0 unspecified atom stereocenters. The summed E-state index contributed by atoms with van der Waals surface area (Å²) in [6.45, 7) is 4.58. The summed E-state index contributed by atoms with van der Waals surface area (Å²) in [5, 5.41) is -0.283. The predicted octanol–water partition coefficient (Wildman–Crippen LogP) is 4.15. The number of hydrogen-bond acceptors (Lipinski definition) is 4. The Hall–Kier alpha value is -1.47. The third kappa shape index (κ3) is 3.59. The normalized spacial score (nSPS) is 24.1. The van der Waals surface area contributed by atoms with Crippen LogP contribution in [0.3, 0.4) is 0 Å². The van der Waals surface area contributed by atoms with Gasteiger partial charge >= 0.3 is 0 Å². The summed E-state index contributed by atoms with van der Waals surface area (Å²) >= 11 is 11.3. The van der Waals surface area contributed by atoms with E-state index in [1.807, 2.05) is 31.2 Å². The molecule has 0 heterocycles. The number of sulfone groups is 1. The van der Waals surface area contributed by atoms with Crippen LogP contribution in [0.1, 0.15) is 30.9 Å². The van der Waals surface area contributed by atoms with Crippen molar-refractivity contribution >= 4 is 38.6 Å². The van der Waals surface area contributed by atoms with Crippen molar-refractivity contribution in [3.63, 3.8) is 0 Å². The minimum atomic E-state index is -3.68. The molecule has 3 atom stereocenters. The van der Waals surface area contributed by atoms with Gasteiger partial charge in [0.05, 0.1) is 27.2 Å². The number of halogens is 1. The predicted molar refractivity (Wildman–Crippen MR) is 117 cm³/mol. The monoisotopic (exact) mass is 437 g/mol. The first-order valence-corrected chi connectivity index (χ1v) is 11.6. The quantitative estimate of drug-likeness (QED) is 0.628. The lowest BCUT2D eigenvalue weighted by atomic mass is 9.98. The van der Waals surface area contributed by atoms with Crippen LogP contribution in [0.5, 0.6) is 0 Å². The number of ether oxygens (including phenoxy) is 1. The van der Waals surface area contributed by atoms with Crippen LogP contribution in [0.4, 0.5) is 0 Å². The van der Waals surface area contributed by atoms with E-state index in [0.717, 1.165) is 12.0 Å². The van der Waals surface area contributed by atoms with E-state index >= 15 is 0 Å². The molecule has 7 heteroatoms. The highest BCUT2D eigenvalue weighted by Crippen LogP contribution is 2.64. The van der Waals surface area contributed by atoms with Gasteiger partial charge in [0.2, 0.25) is 0 Å². The van der Waals surface area contributed by atoms with E-state index in [-0.39, 0.29) is 22.4 Å². The molecular weight excluding hydrogens is 414 g/mol. The Morgan fingerprint density at radius 2 is 1.75 bits per heavy atom. The minimum Gasteiger partial charge on any atom is -0.393 e. The van der Waals surface area contributed by atoms with E-state index in [1.54, 1.807) is 12.1 Å². The van der Waals surface area contributed by atoms with Gasteiger partial charge in [-0.25, -0.2) is 8.42 Å². The van der Waals surface area contributed by atoms with Crippen molar-refractivity contribution in [2.75, 3.05) is 13.2 Å².